The molecule has 2 fully saturated rings. The molecule has 3 aliphatic heterocycles. The topological polar surface area (TPSA) is 103 Å². The van der Waals surface area contributed by atoms with E-state index in [1.807, 2.05) is 6.07 Å². The van der Waals surface area contributed by atoms with Gasteiger partial charge in [-0.1, -0.05) is 42.3 Å². The van der Waals surface area contributed by atoms with Crippen LogP contribution in [-0.4, -0.2) is 97.5 Å². The summed E-state index contributed by atoms with van der Waals surface area (Å²) in [6.07, 6.45) is 13.3. The molecule has 0 aromatic heterocycles. The van der Waals surface area contributed by atoms with Crippen molar-refractivity contribution in [2.24, 2.45) is 11.8 Å². The van der Waals surface area contributed by atoms with E-state index in [-0.39, 0.29) is 17.1 Å². The molecule has 3 heterocycles. The van der Waals surface area contributed by atoms with Gasteiger partial charge in [-0.2, -0.15) is 0 Å². The monoisotopic (exact) mass is 705 g/mol. The summed E-state index contributed by atoms with van der Waals surface area (Å²) < 4.78 is 13.4. The van der Waals surface area contributed by atoms with E-state index in [0.717, 1.165) is 69.0 Å². The van der Waals surface area contributed by atoms with Crippen molar-refractivity contribution < 1.29 is 29.3 Å². The normalized spacial score (nSPS) is 31.2. The Bertz CT molecular complexity index is 1590. The Hall–Kier alpha value is -3.11. The second-order valence-corrected chi connectivity index (χ2v) is 15.8. The average Bonchev–Trinajstić information content (AvgIpc) is 3.24. The number of aliphatic hydroxyl groups is 1. The van der Waals surface area contributed by atoms with Crippen LogP contribution in [0.4, 0.5) is 5.69 Å². The number of likely N-dealkylation sites (tertiary alicyclic amines) is 1. The van der Waals surface area contributed by atoms with Crippen LogP contribution in [0.15, 0.2) is 48.6 Å². The van der Waals surface area contributed by atoms with Crippen molar-refractivity contribution >= 4 is 29.2 Å². The fraction of sp³-hybridized carbons (Fsp3) is 0.600. The molecule has 10 heteroatoms. The van der Waals surface area contributed by atoms with Crippen molar-refractivity contribution in [2.75, 3.05) is 64.4 Å². The molecule has 2 N–H and O–H groups in total. The van der Waals surface area contributed by atoms with Gasteiger partial charge < -0.3 is 34.4 Å². The first-order valence-corrected chi connectivity index (χ1v) is 19.0. The summed E-state index contributed by atoms with van der Waals surface area (Å²) in [6, 6.07) is 11.4. The second kappa shape index (κ2) is 14.9. The van der Waals surface area contributed by atoms with Gasteiger partial charge in [0.1, 0.15) is 5.75 Å². The van der Waals surface area contributed by atoms with Crippen molar-refractivity contribution in [2.45, 2.75) is 81.3 Å². The maximum Gasteiger partial charge on any atom is 0.340 e. The molecule has 2 aliphatic carbocycles. The molecule has 1 saturated heterocycles. The number of fused-ring (bicyclic) bond motifs is 4. The maximum absolute atomic E-state index is 13.4. The molecule has 7 rings (SSSR count). The van der Waals surface area contributed by atoms with Crippen LogP contribution in [0.2, 0.25) is 5.02 Å². The molecule has 5 aliphatic rings. The van der Waals surface area contributed by atoms with Crippen LogP contribution in [0, 0.1) is 11.8 Å². The fourth-order valence-electron chi connectivity index (χ4n) is 9.01. The summed E-state index contributed by atoms with van der Waals surface area (Å²) >= 11 is 6.47. The van der Waals surface area contributed by atoms with Gasteiger partial charge in [0.05, 0.1) is 31.4 Å². The van der Waals surface area contributed by atoms with E-state index < -0.39 is 23.9 Å². The Morgan fingerprint density at radius 2 is 1.92 bits per heavy atom. The van der Waals surface area contributed by atoms with E-state index in [1.54, 1.807) is 25.2 Å². The number of amides is 1. The molecular formula is C40H52ClN3O6. The molecule has 0 radical (unpaired) electrons. The quantitative estimate of drug-likeness (QED) is 0.377. The second-order valence-electron chi connectivity index (χ2n) is 15.4. The molecule has 2 aromatic rings. The zero-order valence-electron chi connectivity index (χ0n) is 29.3. The number of aliphatic carboxylic acids is 1. The number of carbonyl (C=O) groups is 2. The first-order chi connectivity index (χ1) is 24.1. The van der Waals surface area contributed by atoms with Crippen LogP contribution in [0.25, 0.3) is 0 Å². The first kappa shape index (κ1) is 35.3. The Morgan fingerprint density at radius 3 is 2.70 bits per heavy atom. The highest BCUT2D eigenvalue weighted by Crippen LogP contribution is 2.48. The third-order valence-corrected chi connectivity index (χ3v) is 12.4. The molecule has 9 nitrogen and oxygen atoms in total. The number of rotatable bonds is 5. The van der Waals surface area contributed by atoms with E-state index in [1.165, 1.54) is 35.3 Å². The SMILES string of the molecule is CN1CC/C=C/[C@H](OCCN2CCCCC2)[C@@H]2CC[C@H]2CN2C[C@@]3(CCCc4cc(Cl)ccc43)COc3ccc(cc32)[C@@](O)(C(=O)O)CC1=O. The molecular weight excluding hydrogens is 654 g/mol. The minimum absolute atomic E-state index is 0.0231. The van der Waals surface area contributed by atoms with Crippen LogP contribution in [-0.2, 0) is 31.8 Å². The standard InChI is InChI=1S/C40H52ClN3O6/c1-42-17-6-3-9-35(49-21-20-43-18-4-2-5-19-43)32-13-10-29(32)25-44-26-39(16-7-8-28-22-31(41)12-14-33(28)39)27-50-36-15-11-30(23-34(36)44)40(48,38(46)47)24-37(42)45/h3,9,11-12,14-15,22-23,29,32,35,48H,2,4-8,10,13,16-21,24-27H2,1H3,(H,46,47)/b9-3+/t29-,32+,35-,39-,40+/m0/s1. The number of hydrogen-bond donors (Lipinski definition) is 2. The molecule has 1 spiro atoms. The summed E-state index contributed by atoms with van der Waals surface area (Å²) in [7, 11) is 1.66. The zero-order valence-corrected chi connectivity index (χ0v) is 30.1. The lowest BCUT2D eigenvalue weighted by atomic mass is 9.68. The van der Waals surface area contributed by atoms with E-state index in [9.17, 15) is 19.8 Å². The predicted octanol–water partition coefficient (Wildman–Crippen LogP) is 5.79. The highest BCUT2D eigenvalue weighted by atomic mass is 35.5. The van der Waals surface area contributed by atoms with Gasteiger partial charge >= 0.3 is 5.97 Å². The maximum atomic E-state index is 13.4. The molecule has 2 aromatic carbocycles. The van der Waals surface area contributed by atoms with Crippen molar-refractivity contribution in [3.63, 3.8) is 0 Å². The molecule has 2 bridgehead atoms. The van der Waals surface area contributed by atoms with Gasteiger partial charge in [-0.3, -0.25) is 4.79 Å². The van der Waals surface area contributed by atoms with Gasteiger partial charge in [0, 0.05) is 43.7 Å². The zero-order chi connectivity index (χ0) is 34.9. The molecule has 1 saturated carbocycles. The van der Waals surface area contributed by atoms with Crippen molar-refractivity contribution in [1.29, 1.82) is 0 Å². The summed E-state index contributed by atoms with van der Waals surface area (Å²) in [5.74, 6) is -0.521. The van der Waals surface area contributed by atoms with Crippen LogP contribution in [0.1, 0.15) is 74.5 Å². The largest absolute Gasteiger partial charge is 0.490 e. The number of nitrogens with zero attached hydrogens (tertiary/aromatic N) is 3. The molecule has 270 valence electrons. The smallest absolute Gasteiger partial charge is 0.340 e. The van der Waals surface area contributed by atoms with Crippen LogP contribution < -0.4 is 9.64 Å². The highest BCUT2D eigenvalue weighted by Gasteiger charge is 2.46. The lowest BCUT2D eigenvalue weighted by Gasteiger charge is -2.46. The summed E-state index contributed by atoms with van der Waals surface area (Å²) in [6.45, 7) is 6.25. The van der Waals surface area contributed by atoms with Crippen LogP contribution >= 0.6 is 11.6 Å². The Balaban J connectivity index is 1.25. The number of halogens is 1. The minimum Gasteiger partial charge on any atom is -0.490 e. The molecule has 1 amide bonds. The van der Waals surface area contributed by atoms with E-state index in [2.05, 4.69) is 34.1 Å². The Kier molecular flexibility index (Phi) is 10.5. The number of aryl methyl sites for hydroxylation is 1. The van der Waals surface area contributed by atoms with Crippen molar-refractivity contribution in [1.82, 2.24) is 9.80 Å². The average molecular weight is 706 g/mol. The van der Waals surface area contributed by atoms with E-state index in [0.29, 0.717) is 50.3 Å². The number of carbonyl (C=O) groups excluding carboxylic acids is 1. The number of ether oxygens (including phenoxy) is 2. The van der Waals surface area contributed by atoms with Gasteiger partial charge in [-0.25, -0.2) is 4.79 Å². The summed E-state index contributed by atoms with van der Waals surface area (Å²) in [4.78, 5) is 32.5. The summed E-state index contributed by atoms with van der Waals surface area (Å²) in [5.41, 5.74) is 0.784. The predicted molar refractivity (Wildman–Crippen MR) is 194 cm³/mol. The minimum atomic E-state index is -2.39. The molecule has 50 heavy (non-hydrogen) atoms. The van der Waals surface area contributed by atoms with Crippen LogP contribution in [0.5, 0.6) is 5.75 Å². The number of carboxylic acids is 1. The fourth-order valence-corrected chi connectivity index (χ4v) is 9.20. The van der Waals surface area contributed by atoms with Crippen molar-refractivity contribution in [3.05, 3.63) is 70.3 Å². The number of benzene rings is 2. The van der Waals surface area contributed by atoms with E-state index in [4.69, 9.17) is 21.1 Å². The van der Waals surface area contributed by atoms with Crippen LogP contribution in [0.3, 0.4) is 0 Å². The van der Waals surface area contributed by atoms with Gasteiger partial charge in [0.25, 0.3) is 0 Å². The third-order valence-electron chi connectivity index (χ3n) is 12.2. The summed E-state index contributed by atoms with van der Waals surface area (Å²) in [5, 5.41) is 22.8. The van der Waals surface area contributed by atoms with Gasteiger partial charge in [-0.05, 0) is 117 Å². The Morgan fingerprint density at radius 1 is 1.08 bits per heavy atom. The number of piperidine rings is 1. The van der Waals surface area contributed by atoms with E-state index >= 15 is 0 Å². The number of carboxylic acid groups (broad SMARTS) is 1. The highest BCUT2D eigenvalue weighted by molar-refractivity contribution is 6.30. The number of anilines is 1. The number of hydrogen-bond acceptors (Lipinski definition) is 7. The lowest BCUT2D eigenvalue weighted by Crippen LogP contribution is -2.50. The first-order valence-electron chi connectivity index (χ1n) is 18.7. The molecule has 5 atom stereocenters. The van der Waals surface area contributed by atoms with Gasteiger partial charge in [0.15, 0.2) is 5.60 Å². The lowest BCUT2D eigenvalue weighted by molar-refractivity contribution is -0.164. The Labute approximate surface area is 301 Å². The molecule has 0 unspecified atom stereocenters. The van der Waals surface area contributed by atoms with Gasteiger partial charge in [-0.15, -0.1) is 0 Å². The van der Waals surface area contributed by atoms with Crippen molar-refractivity contribution in [3.8, 4) is 5.75 Å². The van der Waals surface area contributed by atoms with Gasteiger partial charge in [0.2, 0.25) is 5.91 Å². The third kappa shape index (κ3) is 7.16.